The first kappa shape index (κ1) is 12.2. The Morgan fingerprint density at radius 2 is 1.94 bits per heavy atom. The molecule has 2 N–H and O–H groups in total. The molecule has 1 atom stereocenters. The van der Waals surface area contributed by atoms with Gasteiger partial charge in [0, 0.05) is 12.4 Å². The summed E-state index contributed by atoms with van der Waals surface area (Å²) in [6.45, 7) is 1.43. The summed E-state index contributed by atoms with van der Waals surface area (Å²) in [4.78, 5) is 17.1. The van der Waals surface area contributed by atoms with Crippen molar-refractivity contribution < 1.29 is 23.1 Å². The second-order valence-corrected chi connectivity index (χ2v) is 3.00. The van der Waals surface area contributed by atoms with E-state index in [1.807, 2.05) is 5.32 Å². The van der Waals surface area contributed by atoms with E-state index in [9.17, 15) is 18.0 Å². The summed E-state index contributed by atoms with van der Waals surface area (Å²) < 4.78 is 36.4. The number of alkyl halides is 3. The summed E-state index contributed by atoms with van der Waals surface area (Å²) in [5.41, 5.74) is -0.973. The number of hydrogen-bond donors (Lipinski definition) is 2. The zero-order chi connectivity index (χ0) is 12.3. The van der Waals surface area contributed by atoms with E-state index in [1.165, 1.54) is 6.92 Å². The molecule has 0 saturated carbocycles. The van der Waals surface area contributed by atoms with Crippen LogP contribution in [0.25, 0.3) is 0 Å². The van der Waals surface area contributed by atoms with Crippen LogP contribution in [0, 0.1) is 0 Å². The Kier molecular flexibility index (Phi) is 3.31. The Bertz CT molecular complexity index is 377. The van der Waals surface area contributed by atoms with E-state index in [1.54, 1.807) is 0 Å². The van der Waals surface area contributed by atoms with Gasteiger partial charge in [-0.15, -0.1) is 0 Å². The zero-order valence-electron chi connectivity index (χ0n) is 8.12. The van der Waals surface area contributed by atoms with Crippen LogP contribution >= 0.6 is 0 Å². The lowest BCUT2D eigenvalue weighted by molar-refractivity contribution is -0.138. The molecule has 1 heterocycles. The molecule has 0 fully saturated rings. The van der Waals surface area contributed by atoms with Crippen LogP contribution in [-0.4, -0.2) is 21.2 Å². The fourth-order valence-corrected chi connectivity index (χ4v) is 0.958. The third-order valence-corrected chi connectivity index (χ3v) is 1.73. The van der Waals surface area contributed by atoms with Gasteiger partial charge in [-0.2, -0.15) is 13.2 Å². The lowest BCUT2D eigenvalue weighted by atomic mass is 10.3. The first-order chi connectivity index (χ1) is 7.30. The Morgan fingerprint density at radius 3 is 2.31 bits per heavy atom. The number of nitrogens with one attached hydrogen (secondary N) is 1. The highest BCUT2D eigenvalue weighted by Crippen LogP contribution is 2.27. The van der Waals surface area contributed by atoms with Crippen molar-refractivity contribution in [2.75, 3.05) is 0 Å². The van der Waals surface area contributed by atoms with E-state index < -0.39 is 23.9 Å². The number of halogens is 3. The summed E-state index contributed by atoms with van der Waals surface area (Å²) in [5.74, 6) is -0.0181. The molecule has 0 spiro atoms. The van der Waals surface area contributed by atoms with Gasteiger partial charge in [0.1, 0.15) is 5.82 Å². The highest BCUT2D eigenvalue weighted by atomic mass is 19.4. The molecule has 1 amide bonds. The van der Waals surface area contributed by atoms with Gasteiger partial charge in [0.25, 0.3) is 0 Å². The summed E-state index contributed by atoms with van der Waals surface area (Å²) >= 11 is 0. The molecule has 0 aliphatic heterocycles. The van der Waals surface area contributed by atoms with Crippen molar-refractivity contribution >= 4 is 6.09 Å². The summed E-state index contributed by atoms with van der Waals surface area (Å²) in [6.07, 6.45) is -4.57. The van der Waals surface area contributed by atoms with Crippen molar-refractivity contribution in [3.05, 3.63) is 23.8 Å². The van der Waals surface area contributed by atoms with Gasteiger partial charge in [0.2, 0.25) is 0 Å². The Balaban J connectivity index is 2.83. The van der Waals surface area contributed by atoms with Crippen LogP contribution in [0.2, 0.25) is 0 Å². The van der Waals surface area contributed by atoms with Crippen molar-refractivity contribution in [1.82, 2.24) is 15.3 Å². The third kappa shape index (κ3) is 3.07. The molecule has 1 aromatic rings. The number of carbonyl (C=O) groups is 1. The first-order valence-electron chi connectivity index (χ1n) is 4.19. The Hall–Kier alpha value is -1.86. The third-order valence-electron chi connectivity index (χ3n) is 1.73. The molecule has 16 heavy (non-hydrogen) atoms. The SMILES string of the molecule is CC(NC(=O)O)c1ncc(C(F)(F)F)cn1. The summed E-state index contributed by atoms with van der Waals surface area (Å²) in [6, 6.07) is -0.764. The maximum Gasteiger partial charge on any atom is 0.419 e. The minimum Gasteiger partial charge on any atom is -0.465 e. The standard InChI is InChI=1S/C8H8F3N3O2/c1-4(14-7(15)16)6-12-2-5(3-13-6)8(9,10)11/h2-4,14H,1H3,(H,15,16). The monoisotopic (exact) mass is 235 g/mol. The molecule has 1 unspecified atom stereocenters. The zero-order valence-corrected chi connectivity index (χ0v) is 8.12. The van der Waals surface area contributed by atoms with Crippen LogP contribution < -0.4 is 5.32 Å². The van der Waals surface area contributed by atoms with Gasteiger partial charge in [-0.3, -0.25) is 0 Å². The summed E-state index contributed by atoms with van der Waals surface area (Å²) in [7, 11) is 0. The van der Waals surface area contributed by atoms with Gasteiger partial charge in [0.15, 0.2) is 0 Å². The van der Waals surface area contributed by atoms with Crippen molar-refractivity contribution in [3.8, 4) is 0 Å². The minimum atomic E-state index is -4.50. The molecule has 1 rings (SSSR count). The fraction of sp³-hybridized carbons (Fsp3) is 0.375. The first-order valence-corrected chi connectivity index (χ1v) is 4.19. The average molecular weight is 235 g/mol. The van der Waals surface area contributed by atoms with E-state index >= 15 is 0 Å². The number of rotatable bonds is 2. The number of carboxylic acid groups (broad SMARTS) is 1. The predicted molar refractivity (Wildman–Crippen MR) is 46.6 cm³/mol. The van der Waals surface area contributed by atoms with Crippen molar-refractivity contribution in [3.63, 3.8) is 0 Å². The Labute approximate surface area is 88.3 Å². The lowest BCUT2D eigenvalue weighted by Gasteiger charge is -2.10. The molecule has 0 aliphatic rings. The average Bonchev–Trinajstić information content (AvgIpc) is 2.15. The normalized spacial score (nSPS) is 13.2. The maximum absolute atomic E-state index is 12.1. The minimum absolute atomic E-state index is 0.0181. The van der Waals surface area contributed by atoms with E-state index in [0.717, 1.165) is 0 Å². The largest absolute Gasteiger partial charge is 0.465 e. The van der Waals surface area contributed by atoms with Crippen molar-refractivity contribution in [1.29, 1.82) is 0 Å². The molecule has 8 heteroatoms. The van der Waals surface area contributed by atoms with Gasteiger partial charge < -0.3 is 10.4 Å². The number of nitrogens with zero attached hydrogens (tertiary/aromatic N) is 2. The van der Waals surface area contributed by atoms with Gasteiger partial charge in [-0.05, 0) is 6.92 Å². The van der Waals surface area contributed by atoms with Gasteiger partial charge >= 0.3 is 12.3 Å². The number of hydrogen-bond acceptors (Lipinski definition) is 3. The number of amides is 1. The van der Waals surface area contributed by atoms with Crippen LogP contribution in [0.1, 0.15) is 24.4 Å². The molecule has 1 aromatic heterocycles. The second-order valence-electron chi connectivity index (χ2n) is 3.00. The highest BCUT2D eigenvalue weighted by molar-refractivity contribution is 5.64. The van der Waals surface area contributed by atoms with Crippen LogP contribution in [0.15, 0.2) is 12.4 Å². The number of aromatic nitrogens is 2. The van der Waals surface area contributed by atoms with Crippen molar-refractivity contribution in [2.45, 2.75) is 19.1 Å². The van der Waals surface area contributed by atoms with E-state index in [2.05, 4.69) is 9.97 Å². The predicted octanol–water partition coefficient (Wildman–Crippen LogP) is 1.82. The summed E-state index contributed by atoms with van der Waals surface area (Å²) in [5, 5.41) is 10.4. The Morgan fingerprint density at radius 1 is 1.44 bits per heavy atom. The van der Waals surface area contributed by atoms with E-state index in [-0.39, 0.29) is 5.82 Å². The topological polar surface area (TPSA) is 75.1 Å². The van der Waals surface area contributed by atoms with Crippen LogP contribution in [-0.2, 0) is 6.18 Å². The molecule has 0 radical (unpaired) electrons. The van der Waals surface area contributed by atoms with E-state index in [0.29, 0.717) is 12.4 Å². The highest BCUT2D eigenvalue weighted by Gasteiger charge is 2.31. The van der Waals surface area contributed by atoms with Gasteiger partial charge in [-0.1, -0.05) is 0 Å². The van der Waals surface area contributed by atoms with Crippen molar-refractivity contribution in [2.24, 2.45) is 0 Å². The van der Waals surface area contributed by atoms with Gasteiger partial charge in [-0.25, -0.2) is 14.8 Å². The molecule has 0 bridgehead atoms. The second kappa shape index (κ2) is 4.33. The quantitative estimate of drug-likeness (QED) is 0.819. The molecule has 0 aromatic carbocycles. The molecule has 0 aliphatic carbocycles. The molecule has 0 saturated heterocycles. The lowest BCUT2D eigenvalue weighted by Crippen LogP contribution is -2.26. The van der Waals surface area contributed by atoms with Gasteiger partial charge in [0.05, 0.1) is 11.6 Å². The molecule has 88 valence electrons. The molecule has 5 nitrogen and oxygen atoms in total. The van der Waals surface area contributed by atoms with Crippen LogP contribution in [0.4, 0.5) is 18.0 Å². The maximum atomic E-state index is 12.1. The fourth-order valence-electron chi connectivity index (χ4n) is 0.958. The van der Waals surface area contributed by atoms with E-state index in [4.69, 9.17) is 5.11 Å². The van der Waals surface area contributed by atoms with Crippen LogP contribution in [0.5, 0.6) is 0 Å². The molecular formula is C8H8F3N3O2. The molecular weight excluding hydrogens is 227 g/mol. The smallest absolute Gasteiger partial charge is 0.419 e. The van der Waals surface area contributed by atoms with Crippen LogP contribution in [0.3, 0.4) is 0 Å².